The molecular formula is C26H26F3NO7. The maximum atomic E-state index is 13.8. The molecule has 0 aliphatic heterocycles. The van der Waals surface area contributed by atoms with Crippen LogP contribution in [0.15, 0.2) is 57.7 Å². The Labute approximate surface area is 210 Å². The highest BCUT2D eigenvalue weighted by molar-refractivity contribution is 5.85. The first-order valence-corrected chi connectivity index (χ1v) is 11.3. The number of carbonyl (C=O) groups is 2. The minimum absolute atomic E-state index is 0.0161. The highest BCUT2D eigenvalue weighted by Gasteiger charge is 2.40. The number of fused-ring (bicyclic) bond motifs is 1. The number of esters is 1. The smallest absolute Gasteiger partial charge is 0.449 e. The zero-order valence-electron chi connectivity index (χ0n) is 20.8. The molecule has 0 aliphatic carbocycles. The summed E-state index contributed by atoms with van der Waals surface area (Å²) in [5.74, 6) is -4.12. The molecule has 0 aliphatic rings. The van der Waals surface area contributed by atoms with E-state index in [9.17, 15) is 27.6 Å². The SMILES string of the molecule is CC(C)C(NC(=O)OC(C)(C)C)C(=O)Oc1ccc2c(=O)c(Oc3ccccc3)c(C(F)(F)F)oc2c1. The fraction of sp³-hybridized carbons (Fsp3) is 0.346. The fourth-order valence-corrected chi connectivity index (χ4v) is 3.22. The Morgan fingerprint density at radius 2 is 1.62 bits per heavy atom. The Bertz CT molecular complexity index is 1340. The lowest BCUT2D eigenvalue weighted by Gasteiger charge is -2.24. The number of hydrogen-bond donors (Lipinski definition) is 1. The van der Waals surface area contributed by atoms with Gasteiger partial charge in [-0.15, -0.1) is 0 Å². The highest BCUT2D eigenvalue weighted by Crippen LogP contribution is 2.38. The molecule has 0 fully saturated rings. The van der Waals surface area contributed by atoms with E-state index in [1.807, 2.05) is 0 Å². The molecule has 1 aromatic heterocycles. The molecule has 0 bridgehead atoms. The molecule has 0 saturated carbocycles. The van der Waals surface area contributed by atoms with Crippen molar-refractivity contribution in [2.45, 2.75) is 52.4 Å². The van der Waals surface area contributed by atoms with Crippen molar-refractivity contribution in [3.63, 3.8) is 0 Å². The van der Waals surface area contributed by atoms with Gasteiger partial charge in [-0.2, -0.15) is 13.2 Å². The predicted octanol–water partition coefficient (Wildman–Crippen LogP) is 6.06. The van der Waals surface area contributed by atoms with Crippen molar-refractivity contribution in [2.24, 2.45) is 5.92 Å². The normalized spacial score (nSPS) is 12.8. The molecule has 1 atom stereocenters. The number of para-hydroxylation sites is 1. The van der Waals surface area contributed by atoms with Crippen LogP contribution in [0.3, 0.4) is 0 Å². The average Bonchev–Trinajstić information content (AvgIpc) is 2.77. The van der Waals surface area contributed by atoms with Crippen molar-refractivity contribution in [1.82, 2.24) is 5.32 Å². The topological polar surface area (TPSA) is 104 Å². The summed E-state index contributed by atoms with van der Waals surface area (Å²) < 4.78 is 62.0. The molecule has 198 valence electrons. The predicted molar refractivity (Wildman–Crippen MR) is 128 cm³/mol. The number of carbonyl (C=O) groups excluding carboxylic acids is 2. The summed E-state index contributed by atoms with van der Waals surface area (Å²) in [4.78, 5) is 37.8. The third-order valence-electron chi connectivity index (χ3n) is 4.85. The minimum Gasteiger partial charge on any atom is -0.449 e. The van der Waals surface area contributed by atoms with Gasteiger partial charge in [-0.1, -0.05) is 32.0 Å². The Morgan fingerprint density at radius 3 is 2.19 bits per heavy atom. The quantitative estimate of drug-likeness (QED) is 0.311. The molecule has 11 heteroatoms. The van der Waals surface area contributed by atoms with Crippen LogP contribution >= 0.6 is 0 Å². The maximum absolute atomic E-state index is 13.8. The van der Waals surface area contributed by atoms with E-state index >= 15 is 0 Å². The van der Waals surface area contributed by atoms with Crippen LogP contribution in [0.4, 0.5) is 18.0 Å². The van der Waals surface area contributed by atoms with Crippen molar-refractivity contribution in [1.29, 1.82) is 0 Å². The highest BCUT2D eigenvalue weighted by atomic mass is 19.4. The van der Waals surface area contributed by atoms with Crippen LogP contribution in [-0.2, 0) is 15.7 Å². The number of nitrogens with one attached hydrogen (secondary N) is 1. The number of ether oxygens (including phenoxy) is 3. The summed E-state index contributed by atoms with van der Waals surface area (Å²) in [7, 11) is 0. The zero-order chi connectivity index (χ0) is 27.5. The maximum Gasteiger partial charge on any atom is 0.453 e. The van der Waals surface area contributed by atoms with Crippen LogP contribution in [0, 0.1) is 5.92 Å². The van der Waals surface area contributed by atoms with Gasteiger partial charge < -0.3 is 23.9 Å². The Hall–Kier alpha value is -4.02. The first-order valence-electron chi connectivity index (χ1n) is 11.3. The molecule has 1 unspecified atom stereocenters. The van der Waals surface area contributed by atoms with E-state index < -0.39 is 58.3 Å². The van der Waals surface area contributed by atoms with Gasteiger partial charge in [-0.3, -0.25) is 4.79 Å². The number of amides is 1. The lowest BCUT2D eigenvalue weighted by Crippen LogP contribution is -2.48. The minimum atomic E-state index is -5.05. The van der Waals surface area contributed by atoms with Crippen molar-refractivity contribution >= 4 is 23.0 Å². The summed E-state index contributed by atoms with van der Waals surface area (Å²) in [5.41, 5.74) is -2.32. The lowest BCUT2D eigenvalue weighted by molar-refractivity contribution is -0.154. The van der Waals surface area contributed by atoms with Gasteiger partial charge >= 0.3 is 18.2 Å². The van der Waals surface area contributed by atoms with Crippen LogP contribution in [-0.4, -0.2) is 23.7 Å². The number of alkyl halides is 3. The van der Waals surface area contributed by atoms with E-state index in [1.54, 1.807) is 40.7 Å². The largest absolute Gasteiger partial charge is 0.453 e. The number of halogens is 3. The molecule has 3 aromatic rings. The van der Waals surface area contributed by atoms with Crippen LogP contribution in [0.1, 0.15) is 40.4 Å². The molecule has 3 rings (SSSR count). The molecule has 2 aromatic carbocycles. The van der Waals surface area contributed by atoms with E-state index in [0.717, 1.165) is 12.1 Å². The summed E-state index contributed by atoms with van der Waals surface area (Å²) in [6.45, 7) is 8.29. The standard InChI is InChI=1S/C26H26F3NO7/c1-14(2)19(30-24(33)37-25(3,4)5)23(32)35-16-11-12-17-18(13-16)36-22(26(27,28)29)21(20(17)31)34-15-9-7-6-8-10-15/h6-14,19H,1-5H3,(H,30,33). The second-order valence-electron chi connectivity index (χ2n) is 9.45. The van der Waals surface area contributed by atoms with E-state index in [2.05, 4.69) is 5.32 Å². The molecule has 37 heavy (non-hydrogen) atoms. The van der Waals surface area contributed by atoms with Gasteiger partial charge in [0, 0.05) is 6.07 Å². The monoisotopic (exact) mass is 521 g/mol. The Kier molecular flexibility index (Phi) is 7.85. The van der Waals surface area contributed by atoms with Crippen molar-refractivity contribution < 1.29 is 41.4 Å². The number of benzene rings is 2. The van der Waals surface area contributed by atoms with Gasteiger partial charge in [0.2, 0.25) is 11.2 Å². The average molecular weight is 521 g/mol. The van der Waals surface area contributed by atoms with Crippen LogP contribution in [0.2, 0.25) is 0 Å². The van der Waals surface area contributed by atoms with Crippen LogP contribution < -0.4 is 20.2 Å². The van der Waals surface area contributed by atoms with Gasteiger partial charge in [0.1, 0.15) is 28.7 Å². The number of hydrogen-bond acceptors (Lipinski definition) is 7. The molecule has 1 heterocycles. The molecule has 1 amide bonds. The molecule has 8 nitrogen and oxygen atoms in total. The van der Waals surface area contributed by atoms with Gasteiger partial charge in [0.15, 0.2) is 0 Å². The van der Waals surface area contributed by atoms with Gasteiger partial charge in [0.05, 0.1) is 5.39 Å². The number of rotatable bonds is 6. The third-order valence-corrected chi connectivity index (χ3v) is 4.85. The fourth-order valence-electron chi connectivity index (χ4n) is 3.22. The van der Waals surface area contributed by atoms with Gasteiger partial charge in [0.25, 0.3) is 5.76 Å². The first kappa shape index (κ1) is 27.6. The summed E-state index contributed by atoms with van der Waals surface area (Å²) >= 11 is 0. The van der Waals surface area contributed by atoms with Crippen LogP contribution in [0.25, 0.3) is 11.0 Å². The van der Waals surface area contributed by atoms with Crippen molar-refractivity contribution in [3.8, 4) is 17.2 Å². The van der Waals surface area contributed by atoms with Crippen molar-refractivity contribution in [2.75, 3.05) is 0 Å². The van der Waals surface area contributed by atoms with Gasteiger partial charge in [-0.05, 0) is 51.0 Å². The lowest BCUT2D eigenvalue weighted by atomic mass is 10.1. The molecule has 0 spiro atoms. The van der Waals surface area contributed by atoms with Crippen LogP contribution in [0.5, 0.6) is 17.2 Å². The van der Waals surface area contributed by atoms with E-state index in [-0.39, 0.29) is 16.9 Å². The second kappa shape index (κ2) is 10.5. The molecule has 0 radical (unpaired) electrons. The Morgan fingerprint density at radius 1 is 0.973 bits per heavy atom. The van der Waals surface area contributed by atoms with Crippen molar-refractivity contribution in [3.05, 3.63) is 64.5 Å². The third kappa shape index (κ3) is 7.02. The molecule has 0 saturated heterocycles. The first-order chi connectivity index (χ1) is 17.2. The molecule has 1 N–H and O–H groups in total. The number of alkyl carbamates (subject to hydrolysis) is 1. The zero-order valence-corrected chi connectivity index (χ0v) is 20.8. The summed E-state index contributed by atoms with van der Waals surface area (Å²) in [6.07, 6.45) is -5.89. The summed E-state index contributed by atoms with van der Waals surface area (Å²) in [5, 5.41) is 2.21. The Balaban J connectivity index is 1.94. The van der Waals surface area contributed by atoms with E-state index in [0.29, 0.717) is 0 Å². The van der Waals surface area contributed by atoms with E-state index in [4.69, 9.17) is 18.6 Å². The second-order valence-corrected chi connectivity index (χ2v) is 9.45. The summed E-state index contributed by atoms with van der Waals surface area (Å²) in [6, 6.07) is 9.74. The molecular weight excluding hydrogens is 495 g/mol. The van der Waals surface area contributed by atoms with Gasteiger partial charge in [-0.25, -0.2) is 9.59 Å². The van der Waals surface area contributed by atoms with E-state index in [1.165, 1.54) is 30.3 Å².